The van der Waals surface area contributed by atoms with Crippen LogP contribution in [0.1, 0.15) is 23.0 Å². The van der Waals surface area contributed by atoms with Gasteiger partial charge in [-0.25, -0.2) is 9.82 Å². The second-order valence-electron chi connectivity index (χ2n) is 4.91. The summed E-state index contributed by atoms with van der Waals surface area (Å²) in [5, 5.41) is 1.03. The van der Waals surface area contributed by atoms with Crippen LogP contribution in [0.4, 0.5) is 4.39 Å². The molecular formula is C16H15FN4. The molecule has 21 heavy (non-hydrogen) atoms. The lowest BCUT2D eigenvalue weighted by Gasteiger charge is -2.16. The zero-order valence-electron chi connectivity index (χ0n) is 11.5. The summed E-state index contributed by atoms with van der Waals surface area (Å²) in [7, 11) is 0. The van der Waals surface area contributed by atoms with Crippen LogP contribution in [0.25, 0.3) is 10.9 Å². The fourth-order valence-corrected chi connectivity index (χ4v) is 2.34. The molecule has 0 bridgehead atoms. The van der Waals surface area contributed by atoms with E-state index >= 15 is 0 Å². The molecule has 0 aliphatic heterocycles. The van der Waals surface area contributed by atoms with Crippen LogP contribution in [0.5, 0.6) is 0 Å². The lowest BCUT2D eigenvalue weighted by molar-refractivity contribution is 0.597. The molecule has 0 aliphatic rings. The molecule has 0 spiro atoms. The van der Waals surface area contributed by atoms with Crippen LogP contribution in [0.3, 0.4) is 0 Å². The number of hydrogen-bond acceptors (Lipinski definition) is 4. The van der Waals surface area contributed by atoms with Gasteiger partial charge in [0.15, 0.2) is 0 Å². The Morgan fingerprint density at radius 3 is 2.71 bits per heavy atom. The number of aryl methyl sites for hydroxylation is 1. The van der Waals surface area contributed by atoms with Crippen LogP contribution in [0.2, 0.25) is 0 Å². The van der Waals surface area contributed by atoms with Crippen LogP contribution >= 0.6 is 0 Å². The predicted octanol–water partition coefficient (Wildman–Crippen LogP) is 2.63. The minimum Gasteiger partial charge on any atom is -0.271 e. The standard InChI is InChI=1S/C16H15FN4/c1-10-2-3-11-8-12(4-6-14(11)20-10)16(21-18)15-7-5-13(17)9-19-15/h2-9,16,21H,18H2,1H3. The smallest absolute Gasteiger partial charge is 0.141 e. The van der Waals surface area contributed by atoms with Crippen molar-refractivity contribution in [2.45, 2.75) is 13.0 Å². The van der Waals surface area contributed by atoms with Crippen LogP contribution < -0.4 is 11.3 Å². The number of hydrogen-bond donors (Lipinski definition) is 2. The van der Waals surface area contributed by atoms with Crippen molar-refractivity contribution in [2.24, 2.45) is 5.84 Å². The molecule has 106 valence electrons. The van der Waals surface area contributed by atoms with Gasteiger partial charge in [0, 0.05) is 11.1 Å². The first-order valence-electron chi connectivity index (χ1n) is 6.62. The lowest BCUT2D eigenvalue weighted by atomic mass is 10.0. The van der Waals surface area contributed by atoms with E-state index in [1.807, 2.05) is 37.3 Å². The quantitative estimate of drug-likeness (QED) is 0.572. The normalized spacial score (nSPS) is 12.5. The van der Waals surface area contributed by atoms with Crippen molar-refractivity contribution in [1.82, 2.24) is 15.4 Å². The second kappa shape index (κ2) is 5.55. The van der Waals surface area contributed by atoms with Crippen molar-refractivity contribution < 1.29 is 4.39 Å². The lowest BCUT2D eigenvalue weighted by Crippen LogP contribution is -2.29. The first kappa shape index (κ1) is 13.6. The van der Waals surface area contributed by atoms with Gasteiger partial charge < -0.3 is 0 Å². The van der Waals surface area contributed by atoms with E-state index < -0.39 is 0 Å². The summed E-state index contributed by atoms with van der Waals surface area (Å²) in [6.07, 6.45) is 1.19. The predicted molar refractivity (Wildman–Crippen MR) is 79.8 cm³/mol. The first-order valence-corrected chi connectivity index (χ1v) is 6.62. The number of nitrogens with one attached hydrogen (secondary N) is 1. The number of nitrogens with two attached hydrogens (primary N) is 1. The summed E-state index contributed by atoms with van der Waals surface area (Å²) < 4.78 is 13.0. The minimum atomic E-state index is -0.368. The van der Waals surface area contributed by atoms with E-state index in [1.54, 1.807) is 6.07 Å². The van der Waals surface area contributed by atoms with Gasteiger partial charge in [-0.3, -0.25) is 15.8 Å². The molecule has 0 saturated carbocycles. The van der Waals surface area contributed by atoms with Gasteiger partial charge in [0.25, 0.3) is 0 Å². The second-order valence-corrected chi connectivity index (χ2v) is 4.91. The zero-order valence-corrected chi connectivity index (χ0v) is 11.5. The Labute approximate surface area is 121 Å². The maximum absolute atomic E-state index is 13.0. The van der Waals surface area contributed by atoms with Gasteiger partial charge in [-0.2, -0.15) is 0 Å². The van der Waals surface area contributed by atoms with Crippen LogP contribution in [-0.4, -0.2) is 9.97 Å². The summed E-state index contributed by atoms with van der Waals surface area (Å²) in [6.45, 7) is 1.96. The summed E-state index contributed by atoms with van der Waals surface area (Å²) in [5.41, 5.74) is 6.25. The van der Waals surface area contributed by atoms with Crippen molar-refractivity contribution >= 4 is 10.9 Å². The van der Waals surface area contributed by atoms with Gasteiger partial charge >= 0.3 is 0 Å². The van der Waals surface area contributed by atoms with E-state index in [-0.39, 0.29) is 11.9 Å². The van der Waals surface area contributed by atoms with E-state index in [4.69, 9.17) is 5.84 Å². The average molecular weight is 282 g/mol. The van der Waals surface area contributed by atoms with E-state index in [9.17, 15) is 4.39 Å². The topological polar surface area (TPSA) is 63.8 Å². The molecule has 0 saturated heterocycles. The number of benzene rings is 1. The molecule has 3 aromatic rings. The van der Waals surface area contributed by atoms with Crippen molar-refractivity contribution in [3.63, 3.8) is 0 Å². The van der Waals surface area contributed by atoms with Crippen molar-refractivity contribution in [3.05, 3.63) is 71.4 Å². The van der Waals surface area contributed by atoms with Crippen LogP contribution in [-0.2, 0) is 0 Å². The van der Waals surface area contributed by atoms with Gasteiger partial charge in [-0.1, -0.05) is 12.1 Å². The SMILES string of the molecule is Cc1ccc2cc(C(NN)c3ccc(F)cn3)ccc2n1. The molecule has 2 heterocycles. The van der Waals surface area contributed by atoms with Gasteiger partial charge in [-0.15, -0.1) is 0 Å². The first-order chi connectivity index (χ1) is 10.2. The molecule has 1 atom stereocenters. The Bertz CT molecular complexity index is 771. The van der Waals surface area contributed by atoms with Crippen LogP contribution in [0, 0.1) is 12.7 Å². The Morgan fingerprint density at radius 1 is 1.14 bits per heavy atom. The molecule has 1 unspecified atom stereocenters. The highest BCUT2D eigenvalue weighted by atomic mass is 19.1. The fourth-order valence-electron chi connectivity index (χ4n) is 2.34. The third-order valence-electron chi connectivity index (χ3n) is 3.40. The monoisotopic (exact) mass is 282 g/mol. The Hall–Kier alpha value is -2.37. The average Bonchev–Trinajstić information content (AvgIpc) is 2.50. The van der Waals surface area contributed by atoms with Gasteiger partial charge in [0.2, 0.25) is 0 Å². The summed E-state index contributed by atoms with van der Waals surface area (Å²) in [5.74, 6) is 5.28. The fraction of sp³-hybridized carbons (Fsp3) is 0.125. The number of pyridine rings is 2. The molecule has 0 fully saturated rings. The number of nitrogens with zero attached hydrogens (tertiary/aromatic N) is 2. The molecule has 4 nitrogen and oxygen atoms in total. The highest BCUT2D eigenvalue weighted by Gasteiger charge is 2.14. The van der Waals surface area contributed by atoms with Gasteiger partial charge in [0.05, 0.1) is 23.4 Å². The Balaban J connectivity index is 2.04. The van der Waals surface area contributed by atoms with Crippen molar-refractivity contribution in [1.29, 1.82) is 0 Å². The Morgan fingerprint density at radius 2 is 2.00 bits per heavy atom. The minimum absolute atomic E-state index is 0.295. The molecule has 5 heteroatoms. The number of fused-ring (bicyclic) bond motifs is 1. The van der Waals surface area contributed by atoms with E-state index in [0.717, 1.165) is 22.2 Å². The van der Waals surface area contributed by atoms with Gasteiger partial charge in [0.1, 0.15) is 5.82 Å². The molecule has 3 rings (SSSR count). The summed E-state index contributed by atoms with van der Waals surface area (Å²) in [6, 6.07) is 12.6. The van der Waals surface area contributed by atoms with E-state index in [1.165, 1.54) is 12.3 Å². The Kier molecular flexibility index (Phi) is 3.60. The third-order valence-corrected chi connectivity index (χ3v) is 3.40. The largest absolute Gasteiger partial charge is 0.271 e. The molecule has 0 aliphatic carbocycles. The number of hydrazine groups is 1. The van der Waals surface area contributed by atoms with Crippen molar-refractivity contribution in [2.75, 3.05) is 0 Å². The third kappa shape index (κ3) is 2.74. The highest BCUT2D eigenvalue weighted by Crippen LogP contribution is 2.23. The molecule has 2 aromatic heterocycles. The highest BCUT2D eigenvalue weighted by molar-refractivity contribution is 5.79. The maximum atomic E-state index is 13.0. The number of aromatic nitrogens is 2. The van der Waals surface area contributed by atoms with Crippen LogP contribution in [0.15, 0.2) is 48.7 Å². The molecule has 1 aromatic carbocycles. The zero-order chi connectivity index (χ0) is 14.8. The van der Waals surface area contributed by atoms with E-state index in [2.05, 4.69) is 15.4 Å². The van der Waals surface area contributed by atoms with Gasteiger partial charge in [-0.05, 0) is 42.8 Å². The summed E-state index contributed by atoms with van der Waals surface area (Å²) >= 11 is 0. The molecular weight excluding hydrogens is 267 g/mol. The maximum Gasteiger partial charge on any atom is 0.141 e. The summed E-state index contributed by atoms with van der Waals surface area (Å²) in [4.78, 5) is 8.56. The van der Waals surface area contributed by atoms with E-state index in [0.29, 0.717) is 5.69 Å². The number of rotatable bonds is 3. The molecule has 3 N–H and O–H groups in total. The number of halogens is 1. The van der Waals surface area contributed by atoms with Crippen molar-refractivity contribution in [3.8, 4) is 0 Å². The molecule has 0 radical (unpaired) electrons. The molecule has 0 amide bonds.